The van der Waals surface area contributed by atoms with E-state index < -0.39 is 0 Å². The molecule has 2 nitrogen and oxygen atoms in total. The maximum Gasteiger partial charge on any atom is 0.162 e. The van der Waals surface area contributed by atoms with Crippen molar-refractivity contribution in [2.24, 2.45) is 0 Å². The average molecular weight is 449 g/mol. The summed E-state index contributed by atoms with van der Waals surface area (Å²) < 4.78 is 16.9. The molecule has 0 saturated carbocycles. The average Bonchev–Trinajstić information content (AvgIpc) is 2.88. The van der Waals surface area contributed by atoms with Crippen molar-refractivity contribution in [2.75, 3.05) is 0 Å². The normalized spacial score (nSPS) is 11.3. The molecule has 0 bridgehead atoms. The zero-order chi connectivity index (χ0) is 19.9. The van der Waals surface area contributed by atoms with Crippen molar-refractivity contribution >= 4 is 33.3 Å². The molecule has 5 heteroatoms. The van der Waals surface area contributed by atoms with Crippen molar-refractivity contribution in [1.29, 1.82) is 0 Å². The fourth-order valence-electron chi connectivity index (χ4n) is 3.65. The van der Waals surface area contributed by atoms with Crippen LogP contribution in [-0.2, 0) is 0 Å². The van der Waals surface area contributed by atoms with Crippen LogP contribution in [0, 0.1) is 12.7 Å². The summed E-state index contributed by atoms with van der Waals surface area (Å²) in [7, 11) is 0. The molecule has 0 saturated heterocycles. The Balaban J connectivity index is 2.47. The van der Waals surface area contributed by atoms with Crippen LogP contribution in [0.25, 0.3) is 22.4 Å². The van der Waals surface area contributed by atoms with Gasteiger partial charge in [-0.25, -0.2) is 4.39 Å². The Labute approximate surface area is 172 Å². The summed E-state index contributed by atoms with van der Waals surface area (Å²) >= 11 is 9.44. The first-order valence-corrected chi connectivity index (χ1v) is 9.86. The molecule has 2 aromatic carbocycles. The quantitative estimate of drug-likeness (QED) is 0.379. The monoisotopic (exact) mass is 447 g/mol. The number of halogens is 3. The van der Waals surface area contributed by atoms with Crippen molar-refractivity contribution in [3.63, 3.8) is 0 Å². The van der Waals surface area contributed by atoms with E-state index in [0.29, 0.717) is 20.6 Å². The van der Waals surface area contributed by atoms with Crippen LogP contribution in [-0.4, -0.2) is 10.4 Å². The van der Waals surface area contributed by atoms with Crippen LogP contribution in [0.5, 0.6) is 0 Å². The molecule has 3 rings (SSSR count). The summed E-state index contributed by atoms with van der Waals surface area (Å²) in [6, 6.07) is 12.3. The first-order chi connectivity index (χ1) is 12.7. The van der Waals surface area contributed by atoms with Gasteiger partial charge >= 0.3 is 0 Å². The van der Waals surface area contributed by atoms with E-state index in [2.05, 4.69) is 34.3 Å². The third-order valence-electron chi connectivity index (χ3n) is 4.59. The highest BCUT2D eigenvalue weighted by Gasteiger charge is 2.26. The fourth-order valence-corrected chi connectivity index (χ4v) is 4.25. The van der Waals surface area contributed by atoms with Crippen molar-refractivity contribution in [3.05, 3.63) is 69.0 Å². The summed E-state index contributed by atoms with van der Waals surface area (Å²) in [5.74, 6) is -0.400. The van der Waals surface area contributed by atoms with Crippen molar-refractivity contribution in [1.82, 2.24) is 4.57 Å². The summed E-state index contributed by atoms with van der Waals surface area (Å²) in [6.07, 6.45) is 0. The molecule has 0 unspecified atom stereocenters. The van der Waals surface area contributed by atoms with Gasteiger partial charge in [0.2, 0.25) is 0 Å². The van der Waals surface area contributed by atoms with E-state index in [-0.39, 0.29) is 17.6 Å². The van der Waals surface area contributed by atoms with Gasteiger partial charge in [0.15, 0.2) is 5.78 Å². The van der Waals surface area contributed by atoms with Gasteiger partial charge in [-0.2, -0.15) is 0 Å². The molecule has 140 valence electrons. The molecule has 27 heavy (non-hydrogen) atoms. The number of carbonyl (C=O) groups excluding carboxylic acids is 1. The number of hydrogen-bond donors (Lipinski definition) is 0. The third-order valence-corrected chi connectivity index (χ3v) is 5.30. The summed E-state index contributed by atoms with van der Waals surface area (Å²) in [5, 5.41) is 0.639. The van der Waals surface area contributed by atoms with E-state index in [1.54, 1.807) is 6.92 Å². The van der Waals surface area contributed by atoms with Crippen LogP contribution in [0.4, 0.5) is 4.39 Å². The molecule has 0 spiro atoms. The minimum Gasteiger partial charge on any atom is -0.341 e. The Morgan fingerprint density at radius 1 is 1.11 bits per heavy atom. The number of ketones is 1. The minimum atomic E-state index is -0.356. The second-order valence-electron chi connectivity index (χ2n) is 6.87. The van der Waals surface area contributed by atoms with Gasteiger partial charge in [0.25, 0.3) is 0 Å². The highest BCUT2D eigenvalue weighted by molar-refractivity contribution is 9.10. The highest BCUT2D eigenvalue weighted by atomic mass is 79.9. The van der Waals surface area contributed by atoms with Gasteiger partial charge in [-0.3, -0.25) is 4.79 Å². The SMILES string of the molecule is CC(=O)c1c(-c2cc(F)cc(Br)c2)c(-c2ccc(Cl)cc2)n(C(C)C)c1C. The van der Waals surface area contributed by atoms with Crippen molar-refractivity contribution in [3.8, 4) is 22.4 Å². The lowest BCUT2D eigenvalue weighted by Gasteiger charge is -2.17. The Kier molecular flexibility index (Phi) is 5.59. The standard InChI is InChI=1S/C22H20BrClFNO/c1-12(2)26-13(3)20(14(4)27)21(16-9-17(23)11-19(25)10-16)22(26)15-5-7-18(24)8-6-15/h5-12H,1-4H3. The van der Waals surface area contributed by atoms with E-state index >= 15 is 0 Å². The van der Waals surface area contributed by atoms with Crippen LogP contribution in [0.15, 0.2) is 46.9 Å². The third kappa shape index (κ3) is 3.74. The Hall–Kier alpha value is -1.91. The Bertz CT molecular complexity index is 1000. The van der Waals surface area contributed by atoms with Gasteiger partial charge < -0.3 is 4.57 Å². The number of aromatic nitrogens is 1. The topological polar surface area (TPSA) is 22.0 Å². The minimum absolute atomic E-state index is 0.0440. The molecular formula is C22H20BrClFNO. The lowest BCUT2D eigenvalue weighted by Crippen LogP contribution is -2.06. The molecule has 0 atom stereocenters. The molecule has 0 aliphatic rings. The maximum atomic E-state index is 14.2. The molecule has 3 aromatic rings. The molecule has 0 aliphatic heterocycles. The Morgan fingerprint density at radius 2 is 1.74 bits per heavy atom. The van der Waals surface area contributed by atoms with Gasteiger partial charge in [-0.15, -0.1) is 0 Å². The first-order valence-electron chi connectivity index (χ1n) is 8.68. The fraction of sp³-hybridized carbons (Fsp3) is 0.227. The Morgan fingerprint density at radius 3 is 2.26 bits per heavy atom. The van der Waals surface area contributed by atoms with E-state index in [0.717, 1.165) is 22.5 Å². The van der Waals surface area contributed by atoms with Crippen LogP contribution in [0.3, 0.4) is 0 Å². The second kappa shape index (κ2) is 7.61. The summed E-state index contributed by atoms with van der Waals surface area (Å²) in [5.41, 5.74) is 4.72. The highest BCUT2D eigenvalue weighted by Crippen LogP contribution is 2.42. The number of hydrogen-bond acceptors (Lipinski definition) is 1. The van der Waals surface area contributed by atoms with Crippen LogP contribution >= 0.6 is 27.5 Å². The van der Waals surface area contributed by atoms with Gasteiger partial charge in [0.1, 0.15) is 5.82 Å². The maximum absolute atomic E-state index is 14.2. The summed E-state index contributed by atoms with van der Waals surface area (Å²) in [6.45, 7) is 7.63. The molecule has 0 aliphatic carbocycles. The number of benzene rings is 2. The van der Waals surface area contributed by atoms with E-state index in [9.17, 15) is 9.18 Å². The molecule has 0 radical (unpaired) electrons. The predicted molar refractivity (Wildman–Crippen MR) is 113 cm³/mol. The van der Waals surface area contributed by atoms with E-state index in [1.165, 1.54) is 12.1 Å². The van der Waals surface area contributed by atoms with Gasteiger partial charge in [0, 0.05) is 32.4 Å². The van der Waals surface area contributed by atoms with Crippen LogP contribution < -0.4 is 0 Å². The molecule has 1 heterocycles. The van der Waals surface area contributed by atoms with Crippen molar-refractivity contribution in [2.45, 2.75) is 33.7 Å². The zero-order valence-electron chi connectivity index (χ0n) is 15.6. The lowest BCUT2D eigenvalue weighted by molar-refractivity contribution is 0.101. The largest absolute Gasteiger partial charge is 0.341 e. The smallest absolute Gasteiger partial charge is 0.162 e. The van der Waals surface area contributed by atoms with E-state index in [4.69, 9.17) is 11.6 Å². The van der Waals surface area contributed by atoms with Crippen molar-refractivity contribution < 1.29 is 9.18 Å². The molecular weight excluding hydrogens is 429 g/mol. The molecule has 0 fully saturated rings. The number of carbonyl (C=O) groups is 1. The first kappa shape index (κ1) is 19.8. The molecule has 1 aromatic heterocycles. The predicted octanol–water partition coefficient (Wildman–Crippen LogP) is 7.47. The van der Waals surface area contributed by atoms with Gasteiger partial charge in [-0.05, 0) is 69.2 Å². The van der Waals surface area contributed by atoms with Gasteiger partial charge in [0.05, 0.1) is 5.69 Å². The second-order valence-corrected chi connectivity index (χ2v) is 8.22. The van der Waals surface area contributed by atoms with Crippen LogP contribution in [0.2, 0.25) is 5.02 Å². The number of Topliss-reactive ketones (excluding diaryl/α,β-unsaturated/α-hetero) is 1. The molecule has 0 N–H and O–H groups in total. The summed E-state index contributed by atoms with van der Waals surface area (Å²) in [4.78, 5) is 12.6. The lowest BCUT2D eigenvalue weighted by atomic mass is 9.95. The number of rotatable bonds is 4. The van der Waals surface area contributed by atoms with Gasteiger partial charge in [-0.1, -0.05) is 39.7 Å². The van der Waals surface area contributed by atoms with Crippen LogP contribution in [0.1, 0.15) is 42.9 Å². The molecule has 0 amide bonds. The zero-order valence-corrected chi connectivity index (χ0v) is 18.0. The number of nitrogens with zero attached hydrogens (tertiary/aromatic N) is 1. The van der Waals surface area contributed by atoms with E-state index in [1.807, 2.05) is 37.3 Å².